The molecule has 2 N–H and O–H groups in total. The van der Waals surface area contributed by atoms with E-state index in [1.807, 2.05) is 0 Å². The Morgan fingerprint density at radius 1 is 1.50 bits per heavy atom. The number of anilines is 2. The highest BCUT2D eigenvalue weighted by molar-refractivity contribution is 5.62. The molecule has 0 atom stereocenters. The van der Waals surface area contributed by atoms with Crippen LogP contribution in [0.5, 0.6) is 0 Å². The van der Waals surface area contributed by atoms with E-state index in [4.69, 9.17) is 0 Å². The molecule has 0 amide bonds. The smallest absolute Gasteiger partial charge is 0.332 e. The maximum Gasteiger partial charge on any atom is 0.332 e. The SMILES string of the molecule is CNc1nc(C)c([N+](=O)[O-])c(N(C)CC2CC(O)C2)n1. The zero-order valence-corrected chi connectivity index (χ0v) is 11.8. The molecule has 8 nitrogen and oxygen atoms in total. The number of aryl methyl sites for hydroxylation is 1. The summed E-state index contributed by atoms with van der Waals surface area (Å²) in [5.41, 5.74) is 0.274. The Morgan fingerprint density at radius 2 is 2.15 bits per heavy atom. The van der Waals surface area contributed by atoms with Gasteiger partial charge in [-0.1, -0.05) is 0 Å². The van der Waals surface area contributed by atoms with E-state index in [2.05, 4.69) is 15.3 Å². The van der Waals surface area contributed by atoms with Crippen molar-refractivity contribution >= 4 is 17.5 Å². The molecular weight excluding hydrogens is 262 g/mol. The Balaban J connectivity index is 2.27. The van der Waals surface area contributed by atoms with Crippen LogP contribution >= 0.6 is 0 Å². The Kier molecular flexibility index (Phi) is 4.03. The number of aromatic nitrogens is 2. The van der Waals surface area contributed by atoms with E-state index in [1.165, 1.54) is 0 Å². The quantitative estimate of drug-likeness (QED) is 0.611. The predicted octanol–water partition coefficient (Wildman–Crippen LogP) is 0.942. The van der Waals surface area contributed by atoms with Gasteiger partial charge in [-0.05, 0) is 25.7 Å². The Labute approximate surface area is 117 Å². The number of nitrogens with zero attached hydrogens (tertiary/aromatic N) is 4. The molecule has 1 aromatic heterocycles. The van der Waals surface area contributed by atoms with Gasteiger partial charge in [-0.25, -0.2) is 4.98 Å². The lowest BCUT2D eigenvalue weighted by Crippen LogP contribution is -2.37. The number of nitro groups is 1. The summed E-state index contributed by atoms with van der Waals surface area (Å²) in [6.45, 7) is 2.24. The van der Waals surface area contributed by atoms with Crippen LogP contribution in [0.1, 0.15) is 18.5 Å². The minimum absolute atomic E-state index is 0.0635. The summed E-state index contributed by atoms with van der Waals surface area (Å²) in [7, 11) is 3.45. The second kappa shape index (κ2) is 5.58. The summed E-state index contributed by atoms with van der Waals surface area (Å²) in [6.07, 6.45) is 1.24. The van der Waals surface area contributed by atoms with Crippen molar-refractivity contribution in [1.29, 1.82) is 0 Å². The largest absolute Gasteiger partial charge is 0.393 e. The maximum absolute atomic E-state index is 11.2. The molecule has 0 unspecified atom stereocenters. The van der Waals surface area contributed by atoms with Crippen molar-refractivity contribution < 1.29 is 10.0 Å². The molecule has 1 saturated carbocycles. The van der Waals surface area contributed by atoms with Crippen LogP contribution in [0.15, 0.2) is 0 Å². The minimum Gasteiger partial charge on any atom is -0.393 e. The summed E-state index contributed by atoms with van der Waals surface area (Å²) in [6, 6.07) is 0. The van der Waals surface area contributed by atoms with E-state index >= 15 is 0 Å². The van der Waals surface area contributed by atoms with Crippen LogP contribution in [-0.2, 0) is 0 Å². The molecule has 0 radical (unpaired) electrons. The van der Waals surface area contributed by atoms with Gasteiger partial charge in [0.05, 0.1) is 11.0 Å². The average molecular weight is 281 g/mol. The fourth-order valence-corrected chi connectivity index (χ4v) is 2.47. The monoisotopic (exact) mass is 281 g/mol. The van der Waals surface area contributed by atoms with E-state index in [0.717, 1.165) is 12.8 Å². The molecular formula is C12H19N5O3. The van der Waals surface area contributed by atoms with Crippen molar-refractivity contribution in [1.82, 2.24) is 9.97 Å². The highest BCUT2D eigenvalue weighted by Gasteiger charge is 2.31. The first-order valence-electron chi connectivity index (χ1n) is 6.52. The topological polar surface area (TPSA) is 104 Å². The molecule has 1 aromatic rings. The molecule has 110 valence electrons. The standard InChI is InChI=1S/C12H19N5O3/c1-7-10(17(19)20)11(15-12(13-2)14-7)16(3)6-8-4-9(18)5-8/h8-9,18H,4-6H2,1-3H3,(H,13,14,15). The Hall–Kier alpha value is -1.96. The van der Waals surface area contributed by atoms with E-state index in [-0.39, 0.29) is 11.8 Å². The predicted molar refractivity (Wildman–Crippen MR) is 75.0 cm³/mol. The Morgan fingerprint density at radius 3 is 2.65 bits per heavy atom. The first kappa shape index (κ1) is 14.4. The van der Waals surface area contributed by atoms with Gasteiger partial charge >= 0.3 is 5.69 Å². The van der Waals surface area contributed by atoms with Gasteiger partial charge in [-0.15, -0.1) is 0 Å². The van der Waals surface area contributed by atoms with Gasteiger partial charge < -0.3 is 15.3 Å². The third-order valence-electron chi connectivity index (χ3n) is 3.55. The normalized spacial score (nSPS) is 21.2. The number of nitrogens with one attached hydrogen (secondary N) is 1. The van der Waals surface area contributed by atoms with Crippen molar-refractivity contribution in [2.75, 3.05) is 30.9 Å². The van der Waals surface area contributed by atoms with E-state index in [1.54, 1.807) is 25.9 Å². The fourth-order valence-electron chi connectivity index (χ4n) is 2.47. The van der Waals surface area contributed by atoms with Crippen LogP contribution in [-0.4, -0.2) is 46.7 Å². The summed E-state index contributed by atoms with van der Waals surface area (Å²) < 4.78 is 0. The summed E-state index contributed by atoms with van der Waals surface area (Å²) >= 11 is 0. The molecule has 0 aliphatic heterocycles. The first-order chi connectivity index (χ1) is 9.42. The third kappa shape index (κ3) is 2.79. The lowest BCUT2D eigenvalue weighted by atomic mass is 9.82. The summed E-state index contributed by atoms with van der Waals surface area (Å²) in [4.78, 5) is 20.8. The summed E-state index contributed by atoms with van der Waals surface area (Å²) in [5, 5.41) is 23.3. The second-order valence-electron chi connectivity index (χ2n) is 5.18. The highest BCUT2D eigenvalue weighted by atomic mass is 16.6. The molecule has 0 spiro atoms. The second-order valence-corrected chi connectivity index (χ2v) is 5.18. The number of rotatable bonds is 5. The molecule has 0 aromatic carbocycles. The van der Waals surface area contributed by atoms with Crippen molar-refractivity contribution in [3.05, 3.63) is 15.8 Å². The molecule has 1 fully saturated rings. The van der Waals surface area contributed by atoms with Gasteiger partial charge in [0.2, 0.25) is 11.8 Å². The van der Waals surface area contributed by atoms with Gasteiger partial charge in [-0.3, -0.25) is 10.1 Å². The van der Waals surface area contributed by atoms with Crippen LogP contribution in [0.3, 0.4) is 0 Å². The van der Waals surface area contributed by atoms with Crippen molar-refractivity contribution in [3.63, 3.8) is 0 Å². The minimum atomic E-state index is -0.448. The lowest BCUT2D eigenvalue weighted by molar-refractivity contribution is -0.385. The molecule has 1 aliphatic rings. The van der Waals surface area contributed by atoms with Gasteiger partial charge in [0, 0.05) is 20.6 Å². The maximum atomic E-state index is 11.2. The van der Waals surface area contributed by atoms with Crippen molar-refractivity contribution in [3.8, 4) is 0 Å². The van der Waals surface area contributed by atoms with Gasteiger partial charge in [0.25, 0.3) is 0 Å². The number of aliphatic hydroxyl groups excluding tert-OH is 1. The summed E-state index contributed by atoms with van der Waals surface area (Å²) in [5.74, 6) is 1.03. The number of hydrogen-bond acceptors (Lipinski definition) is 7. The molecule has 8 heteroatoms. The van der Waals surface area contributed by atoms with E-state index in [9.17, 15) is 15.2 Å². The van der Waals surface area contributed by atoms with E-state index < -0.39 is 4.92 Å². The van der Waals surface area contributed by atoms with Crippen LogP contribution in [0.25, 0.3) is 0 Å². The number of aliphatic hydroxyl groups is 1. The van der Waals surface area contributed by atoms with Gasteiger partial charge in [0.15, 0.2) is 0 Å². The van der Waals surface area contributed by atoms with E-state index in [0.29, 0.717) is 29.9 Å². The molecule has 0 saturated heterocycles. The van der Waals surface area contributed by atoms with Gasteiger partial charge in [0.1, 0.15) is 5.69 Å². The van der Waals surface area contributed by atoms with Crippen LogP contribution < -0.4 is 10.2 Å². The zero-order valence-electron chi connectivity index (χ0n) is 11.8. The Bertz CT molecular complexity index is 516. The molecule has 1 aliphatic carbocycles. The average Bonchev–Trinajstić information content (AvgIpc) is 2.35. The van der Waals surface area contributed by atoms with Crippen LogP contribution in [0.4, 0.5) is 17.5 Å². The number of hydrogen-bond donors (Lipinski definition) is 2. The van der Waals surface area contributed by atoms with Crippen molar-refractivity contribution in [2.45, 2.75) is 25.9 Å². The molecule has 20 heavy (non-hydrogen) atoms. The van der Waals surface area contributed by atoms with Gasteiger partial charge in [-0.2, -0.15) is 4.98 Å². The lowest BCUT2D eigenvalue weighted by Gasteiger charge is -2.34. The fraction of sp³-hybridized carbons (Fsp3) is 0.667. The first-order valence-corrected chi connectivity index (χ1v) is 6.52. The zero-order chi connectivity index (χ0) is 14.9. The highest BCUT2D eigenvalue weighted by Crippen LogP contribution is 2.33. The molecule has 0 bridgehead atoms. The van der Waals surface area contributed by atoms with Crippen molar-refractivity contribution in [2.24, 2.45) is 5.92 Å². The molecule has 2 rings (SSSR count). The van der Waals surface area contributed by atoms with Crippen LogP contribution in [0, 0.1) is 23.0 Å². The molecule has 1 heterocycles. The third-order valence-corrected chi connectivity index (χ3v) is 3.55. The van der Waals surface area contributed by atoms with Crippen LogP contribution in [0.2, 0.25) is 0 Å².